The van der Waals surface area contributed by atoms with Gasteiger partial charge < -0.3 is 14.8 Å². The molecule has 0 heterocycles. The van der Waals surface area contributed by atoms with E-state index in [1.165, 1.54) is 5.56 Å². The van der Waals surface area contributed by atoms with Gasteiger partial charge in [0.1, 0.15) is 5.75 Å². The maximum absolute atomic E-state index is 5.54. The van der Waals surface area contributed by atoms with Gasteiger partial charge >= 0.3 is 0 Å². The Bertz CT molecular complexity index is 404. The molecule has 0 fully saturated rings. The van der Waals surface area contributed by atoms with Gasteiger partial charge in [0.15, 0.2) is 0 Å². The monoisotopic (exact) mass is 293 g/mol. The van der Waals surface area contributed by atoms with Crippen molar-refractivity contribution in [1.29, 1.82) is 0 Å². The van der Waals surface area contributed by atoms with Crippen molar-refractivity contribution >= 4 is 0 Å². The van der Waals surface area contributed by atoms with Gasteiger partial charge in [-0.3, -0.25) is 0 Å². The molecule has 1 atom stereocenters. The van der Waals surface area contributed by atoms with Crippen LogP contribution >= 0.6 is 0 Å². The van der Waals surface area contributed by atoms with Crippen LogP contribution in [-0.2, 0) is 11.2 Å². The number of hydrogen-bond donors (Lipinski definition) is 1. The molecule has 0 saturated carbocycles. The second-order valence-electron chi connectivity index (χ2n) is 6.23. The number of nitrogens with one attached hydrogen (secondary N) is 1. The van der Waals surface area contributed by atoms with Crippen LogP contribution in [0.1, 0.15) is 39.2 Å². The Morgan fingerprint density at radius 2 is 2.00 bits per heavy atom. The average Bonchev–Trinajstić information content (AvgIpc) is 2.50. The Labute approximate surface area is 130 Å². The fourth-order valence-corrected chi connectivity index (χ4v) is 2.41. The Hall–Kier alpha value is -1.06. The molecule has 0 spiro atoms. The van der Waals surface area contributed by atoms with Crippen LogP contribution in [-0.4, -0.2) is 32.9 Å². The second-order valence-corrected chi connectivity index (χ2v) is 6.23. The summed E-state index contributed by atoms with van der Waals surface area (Å²) in [6.45, 7) is 8.53. The molecule has 1 unspecified atom stereocenters. The molecule has 0 bridgehead atoms. The SMILES string of the molecule is CCNCC(CCC(C)(C)OC)Cc1cccc(OC)c1. The summed E-state index contributed by atoms with van der Waals surface area (Å²) in [5.74, 6) is 1.55. The van der Waals surface area contributed by atoms with Crippen molar-refractivity contribution in [2.45, 2.75) is 45.6 Å². The normalized spacial score (nSPS) is 13.2. The molecule has 1 aromatic rings. The van der Waals surface area contributed by atoms with Crippen LogP contribution in [0.3, 0.4) is 0 Å². The molecule has 3 nitrogen and oxygen atoms in total. The van der Waals surface area contributed by atoms with Crippen LogP contribution < -0.4 is 10.1 Å². The van der Waals surface area contributed by atoms with Crippen molar-refractivity contribution in [3.8, 4) is 5.75 Å². The third-order valence-corrected chi connectivity index (χ3v) is 4.05. The molecule has 120 valence electrons. The minimum Gasteiger partial charge on any atom is -0.497 e. The van der Waals surface area contributed by atoms with E-state index in [1.54, 1.807) is 14.2 Å². The smallest absolute Gasteiger partial charge is 0.119 e. The van der Waals surface area contributed by atoms with Crippen molar-refractivity contribution < 1.29 is 9.47 Å². The molecule has 1 aromatic carbocycles. The fourth-order valence-electron chi connectivity index (χ4n) is 2.41. The molecule has 0 amide bonds. The van der Waals surface area contributed by atoms with E-state index in [2.05, 4.69) is 44.3 Å². The summed E-state index contributed by atoms with van der Waals surface area (Å²) in [6.07, 6.45) is 3.30. The topological polar surface area (TPSA) is 30.5 Å². The molecule has 3 heteroatoms. The van der Waals surface area contributed by atoms with E-state index in [1.807, 2.05) is 6.07 Å². The van der Waals surface area contributed by atoms with E-state index in [0.29, 0.717) is 5.92 Å². The minimum atomic E-state index is -0.0428. The summed E-state index contributed by atoms with van der Waals surface area (Å²) in [4.78, 5) is 0. The molecule has 0 aliphatic rings. The van der Waals surface area contributed by atoms with Crippen molar-refractivity contribution in [3.05, 3.63) is 29.8 Å². The van der Waals surface area contributed by atoms with E-state index >= 15 is 0 Å². The molecular formula is C18H31NO2. The van der Waals surface area contributed by atoms with Gasteiger partial charge in [-0.2, -0.15) is 0 Å². The van der Waals surface area contributed by atoms with Gasteiger partial charge in [0.2, 0.25) is 0 Å². The predicted molar refractivity (Wildman–Crippen MR) is 89.1 cm³/mol. The summed E-state index contributed by atoms with van der Waals surface area (Å²) in [7, 11) is 3.51. The van der Waals surface area contributed by atoms with E-state index < -0.39 is 0 Å². The van der Waals surface area contributed by atoms with Gasteiger partial charge in [-0.1, -0.05) is 19.1 Å². The molecule has 0 saturated heterocycles. The van der Waals surface area contributed by atoms with Crippen LogP contribution in [0.2, 0.25) is 0 Å². The minimum absolute atomic E-state index is 0.0428. The van der Waals surface area contributed by atoms with Crippen LogP contribution in [0.15, 0.2) is 24.3 Å². The van der Waals surface area contributed by atoms with Crippen molar-refractivity contribution in [3.63, 3.8) is 0 Å². The molecule has 0 aliphatic heterocycles. The first-order valence-electron chi connectivity index (χ1n) is 7.89. The van der Waals surface area contributed by atoms with E-state index in [9.17, 15) is 0 Å². The first-order valence-corrected chi connectivity index (χ1v) is 7.89. The van der Waals surface area contributed by atoms with Crippen LogP contribution in [0.4, 0.5) is 0 Å². The van der Waals surface area contributed by atoms with Crippen molar-refractivity contribution in [1.82, 2.24) is 5.32 Å². The highest BCUT2D eigenvalue weighted by atomic mass is 16.5. The lowest BCUT2D eigenvalue weighted by Gasteiger charge is -2.26. The van der Waals surface area contributed by atoms with Gasteiger partial charge in [0.05, 0.1) is 12.7 Å². The number of rotatable bonds is 10. The summed E-state index contributed by atoms with van der Waals surface area (Å²) >= 11 is 0. The molecule has 1 N–H and O–H groups in total. The molecule has 0 aromatic heterocycles. The van der Waals surface area contributed by atoms with Crippen LogP contribution in [0, 0.1) is 5.92 Å². The van der Waals surface area contributed by atoms with Crippen molar-refractivity contribution in [2.24, 2.45) is 5.92 Å². The zero-order valence-corrected chi connectivity index (χ0v) is 14.2. The van der Waals surface area contributed by atoms with E-state index in [-0.39, 0.29) is 5.60 Å². The quantitative estimate of drug-likeness (QED) is 0.714. The standard InChI is InChI=1S/C18H31NO2/c1-6-19-14-16(10-11-18(2,3)21-5)12-15-8-7-9-17(13-15)20-4/h7-9,13,16,19H,6,10-12,14H2,1-5H3. The Morgan fingerprint density at radius 3 is 2.62 bits per heavy atom. The van der Waals surface area contributed by atoms with Gasteiger partial charge in [0.25, 0.3) is 0 Å². The molecule has 1 rings (SSSR count). The van der Waals surface area contributed by atoms with E-state index in [0.717, 1.165) is 38.1 Å². The zero-order valence-electron chi connectivity index (χ0n) is 14.2. The lowest BCUT2D eigenvalue weighted by atomic mass is 9.90. The largest absolute Gasteiger partial charge is 0.497 e. The number of methoxy groups -OCH3 is 2. The second kappa shape index (κ2) is 9.06. The Balaban J connectivity index is 2.63. The van der Waals surface area contributed by atoms with Gasteiger partial charge in [-0.25, -0.2) is 0 Å². The van der Waals surface area contributed by atoms with Crippen LogP contribution in [0.25, 0.3) is 0 Å². The number of benzene rings is 1. The highest BCUT2D eigenvalue weighted by Gasteiger charge is 2.19. The van der Waals surface area contributed by atoms with Crippen molar-refractivity contribution in [2.75, 3.05) is 27.3 Å². The van der Waals surface area contributed by atoms with Crippen LogP contribution in [0.5, 0.6) is 5.75 Å². The number of hydrogen-bond acceptors (Lipinski definition) is 3. The lowest BCUT2D eigenvalue weighted by Crippen LogP contribution is -2.28. The Morgan fingerprint density at radius 1 is 1.24 bits per heavy atom. The average molecular weight is 293 g/mol. The number of ether oxygens (including phenoxy) is 2. The summed E-state index contributed by atoms with van der Waals surface area (Å²) in [5.41, 5.74) is 1.30. The lowest BCUT2D eigenvalue weighted by molar-refractivity contribution is 0.0104. The molecule has 0 aliphatic carbocycles. The zero-order chi connectivity index (χ0) is 15.7. The molecule has 0 radical (unpaired) electrons. The third-order valence-electron chi connectivity index (χ3n) is 4.05. The maximum atomic E-state index is 5.54. The summed E-state index contributed by atoms with van der Waals surface area (Å²) < 4.78 is 10.9. The van der Waals surface area contributed by atoms with E-state index in [4.69, 9.17) is 9.47 Å². The molecule has 21 heavy (non-hydrogen) atoms. The molecular weight excluding hydrogens is 262 g/mol. The Kier molecular flexibility index (Phi) is 7.76. The summed E-state index contributed by atoms with van der Waals surface area (Å²) in [5, 5.41) is 3.48. The van der Waals surface area contributed by atoms with Gasteiger partial charge in [-0.05, 0) is 69.8 Å². The maximum Gasteiger partial charge on any atom is 0.119 e. The first kappa shape index (κ1) is 18.0. The summed E-state index contributed by atoms with van der Waals surface area (Å²) in [6, 6.07) is 8.39. The first-order chi connectivity index (χ1) is 10.0. The van der Waals surface area contributed by atoms with Gasteiger partial charge in [0, 0.05) is 7.11 Å². The van der Waals surface area contributed by atoms with Gasteiger partial charge in [-0.15, -0.1) is 0 Å². The third kappa shape index (κ3) is 6.96. The highest BCUT2D eigenvalue weighted by molar-refractivity contribution is 5.28. The fraction of sp³-hybridized carbons (Fsp3) is 0.667. The predicted octanol–water partition coefficient (Wildman–Crippen LogP) is 3.67. The highest BCUT2D eigenvalue weighted by Crippen LogP contribution is 2.23.